The van der Waals surface area contributed by atoms with Gasteiger partial charge in [0.25, 0.3) is 0 Å². The molecule has 0 unspecified atom stereocenters. The number of amides is 2. The van der Waals surface area contributed by atoms with Crippen molar-refractivity contribution in [1.82, 2.24) is 9.80 Å². The highest BCUT2D eigenvalue weighted by atomic mass is 35.5. The fourth-order valence-electron chi connectivity index (χ4n) is 2.87. The van der Waals surface area contributed by atoms with E-state index in [0.717, 1.165) is 12.8 Å². The Bertz CT molecular complexity index is 308. The molecule has 0 atom stereocenters. The summed E-state index contributed by atoms with van der Waals surface area (Å²) in [5.74, 6) is 0.541. The summed E-state index contributed by atoms with van der Waals surface area (Å²) in [4.78, 5) is 27.4. The van der Waals surface area contributed by atoms with Crippen LogP contribution in [0.25, 0.3) is 0 Å². The molecule has 0 bridgehead atoms. The zero-order chi connectivity index (χ0) is 13.0. The molecule has 102 valence electrons. The van der Waals surface area contributed by atoms with Gasteiger partial charge in [0, 0.05) is 32.1 Å². The van der Waals surface area contributed by atoms with Crippen LogP contribution in [0.1, 0.15) is 32.1 Å². The molecule has 0 aromatic heterocycles. The van der Waals surface area contributed by atoms with E-state index in [2.05, 4.69) is 0 Å². The number of hydrogen-bond acceptors (Lipinski definition) is 2. The Balaban J connectivity index is 1.81. The minimum atomic E-state index is -0.0265. The zero-order valence-corrected chi connectivity index (χ0v) is 11.5. The first-order chi connectivity index (χ1) is 8.72. The van der Waals surface area contributed by atoms with Crippen LogP contribution >= 0.6 is 11.6 Å². The van der Waals surface area contributed by atoms with Gasteiger partial charge in [0.2, 0.25) is 11.8 Å². The molecule has 0 aromatic rings. The van der Waals surface area contributed by atoms with Gasteiger partial charge in [-0.1, -0.05) is 19.3 Å². The molecule has 1 heterocycles. The van der Waals surface area contributed by atoms with Gasteiger partial charge in [-0.05, 0) is 12.8 Å². The van der Waals surface area contributed by atoms with Crippen molar-refractivity contribution in [2.75, 3.05) is 32.1 Å². The van der Waals surface area contributed by atoms with Crippen LogP contribution < -0.4 is 0 Å². The van der Waals surface area contributed by atoms with Gasteiger partial charge in [-0.25, -0.2) is 0 Å². The topological polar surface area (TPSA) is 40.6 Å². The minimum Gasteiger partial charge on any atom is -0.339 e. The molecule has 0 N–H and O–H groups in total. The summed E-state index contributed by atoms with van der Waals surface area (Å²) in [7, 11) is 0. The fourth-order valence-corrected chi connectivity index (χ4v) is 3.04. The molecule has 0 radical (unpaired) electrons. The van der Waals surface area contributed by atoms with Crippen molar-refractivity contribution in [1.29, 1.82) is 0 Å². The summed E-state index contributed by atoms with van der Waals surface area (Å²) in [6.45, 7) is 2.59. The molecule has 18 heavy (non-hydrogen) atoms. The smallest absolute Gasteiger partial charge is 0.237 e. The summed E-state index contributed by atoms with van der Waals surface area (Å²) < 4.78 is 0. The average Bonchev–Trinajstić information content (AvgIpc) is 2.47. The maximum atomic E-state index is 12.3. The van der Waals surface area contributed by atoms with Crippen molar-refractivity contribution in [3.63, 3.8) is 0 Å². The van der Waals surface area contributed by atoms with Crippen LogP contribution in [-0.2, 0) is 9.59 Å². The first kappa shape index (κ1) is 13.7. The molecule has 0 spiro atoms. The van der Waals surface area contributed by atoms with Gasteiger partial charge in [0.05, 0.1) is 0 Å². The lowest BCUT2D eigenvalue weighted by atomic mass is 9.88. The summed E-state index contributed by atoms with van der Waals surface area (Å²) in [6.07, 6.45) is 5.71. The number of alkyl halides is 1. The van der Waals surface area contributed by atoms with Gasteiger partial charge >= 0.3 is 0 Å². The third kappa shape index (κ3) is 3.16. The van der Waals surface area contributed by atoms with Crippen LogP contribution in [0.15, 0.2) is 0 Å². The Hall–Kier alpha value is -0.770. The normalized spacial score (nSPS) is 22.1. The third-order valence-electron chi connectivity index (χ3n) is 4.01. The van der Waals surface area contributed by atoms with Gasteiger partial charge in [-0.15, -0.1) is 11.6 Å². The summed E-state index contributed by atoms with van der Waals surface area (Å²) >= 11 is 5.53. The molecule has 4 nitrogen and oxygen atoms in total. The van der Waals surface area contributed by atoms with Crippen LogP contribution in [0, 0.1) is 5.92 Å². The van der Waals surface area contributed by atoms with Crippen molar-refractivity contribution < 1.29 is 9.59 Å². The Morgan fingerprint density at radius 1 is 0.944 bits per heavy atom. The predicted molar refractivity (Wildman–Crippen MR) is 70.5 cm³/mol. The Morgan fingerprint density at radius 2 is 1.50 bits per heavy atom. The molecular formula is C13H21ClN2O2. The maximum absolute atomic E-state index is 12.3. The summed E-state index contributed by atoms with van der Waals surface area (Å²) in [6, 6.07) is 0. The van der Waals surface area contributed by atoms with Gasteiger partial charge in [-0.2, -0.15) is 0 Å². The van der Waals surface area contributed by atoms with Gasteiger partial charge in [-0.3, -0.25) is 9.59 Å². The second-order valence-corrected chi connectivity index (χ2v) is 5.44. The Morgan fingerprint density at radius 3 is 2.06 bits per heavy atom. The van der Waals surface area contributed by atoms with Gasteiger partial charge < -0.3 is 9.80 Å². The highest BCUT2D eigenvalue weighted by molar-refractivity contribution is 6.27. The molecule has 1 aliphatic carbocycles. The first-order valence-corrected chi connectivity index (χ1v) is 7.38. The number of nitrogens with zero attached hydrogens (tertiary/aromatic N) is 2. The number of rotatable bonds is 2. The van der Waals surface area contributed by atoms with Crippen molar-refractivity contribution >= 4 is 23.4 Å². The van der Waals surface area contributed by atoms with E-state index in [1.807, 2.05) is 4.90 Å². The maximum Gasteiger partial charge on any atom is 0.237 e. The van der Waals surface area contributed by atoms with Crippen LogP contribution in [0.4, 0.5) is 0 Å². The standard InChI is InChI=1S/C13H21ClN2O2/c14-10-12(17)15-6-8-16(9-7-15)13(18)11-4-2-1-3-5-11/h11H,1-10H2. The van der Waals surface area contributed by atoms with Gasteiger partial charge in [0.15, 0.2) is 0 Å². The lowest BCUT2D eigenvalue weighted by Crippen LogP contribution is -2.52. The molecule has 5 heteroatoms. The Labute approximate surface area is 113 Å². The lowest BCUT2D eigenvalue weighted by Gasteiger charge is -2.37. The highest BCUT2D eigenvalue weighted by Gasteiger charge is 2.29. The molecule has 0 aromatic carbocycles. The van der Waals surface area contributed by atoms with Crippen LogP contribution in [0.5, 0.6) is 0 Å². The van der Waals surface area contributed by atoms with E-state index >= 15 is 0 Å². The third-order valence-corrected chi connectivity index (χ3v) is 4.24. The number of carbonyl (C=O) groups is 2. The van der Waals surface area contributed by atoms with E-state index in [4.69, 9.17) is 11.6 Å². The van der Waals surface area contributed by atoms with Crippen molar-refractivity contribution in [3.8, 4) is 0 Å². The quantitative estimate of drug-likeness (QED) is 0.715. The zero-order valence-electron chi connectivity index (χ0n) is 10.7. The van der Waals surface area contributed by atoms with Crippen molar-refractivity contribution in [2.24, 2.45) is 5.92 Å². The van der Waals surface area contributed by atoms with Crippen molar-refractivity contribution in [3.05, 3.63) is 0 Å². The highest BCUT2D eigenvalue weighted by Crippen LogP contribution is 2.25. The van der Waals surface area contributed by atoms with Crippen molar-refractivity contribution in [2.45, 2.75) is 32.1 Å². The fraction of sp³-hybridized carbons (Fsp3) is 0.846. The molecule has 2 rings (SSSR count). The minimum absolute atomic E-state index is 0.0265. The summed E-state index contributed by atoms with van der Waals surface area (Å²) in [5.41, 5.74) is 0. The number of hydrogen-bond donors (Lipinski definition) is 0. The number of carbonyl (C=O) groups excluding carboxylic acids is 2. The van der Waals surface area contributed by atoms with E-state index in [-0.39, 0.29) is 17.7 Å². The lowest BCUT2D eigenvalue weighted by molar-refractivity contribution is -0.142. The number of halogens is 1. The molecule has 1 aliphatic heterocycles. The molecule has 1 saturated heterocycles. The Kier molecular flexibility index (Phi) is 4.87. The second-order valence-electron chi connectivity index (χ2n) is 5.17. The van der Waals surface area contributed by atoms with Crippen LogP contribution in [0.2, 0.25) is 0 Å². The van der Waals surface area contributed by atoms with E-state index < -0.39 is 0 Å². The average molecular weight is 273 g/mol. The SMILES string of the molecule is O=C(CCl)N1CCN(C(=O)C2CCCCC2)CC1. The van der Waals surface area contributed by atoms with E-state index in [1.54, 1.807) is 4.90 Å². The summed E-state index contributed by atoms with van der Waals surface area (Å²) in [5, 5.41) is 0. The van der Waals surface area contributed by atoms with Crippen LogP contribution in [-0.4, -0.2) is 53.7 Å². The molecule has 2 amide bonds. The van der Waals surface area contributed by atoms with Crippen LogP contribution in [0.3, 0.4) is 0 Å². The van der Waals surface area contributed by atoms with Gasteiger partial charge in [0.1, 0.15) is 5.88 Å². The number of piperazine rings is 1. The molecule has 2 aliphatic rings. The van der Waals surface area contributed by atoms with E-state index in [0.29, 0.717) is 32.1 Å². The van der Waals surface area contributed by atoms with E-state index in [1.165, 1.54) is 19.3 Å². The second kappa shape index (κ2) is 6.41. The van der Waals surface area contributed by atoms with E-state index in [9.17, 15) is 9.59 Å². The molecule has 1 saturated carbocycles. The first-order valence-electron chi connectivity index (χ1n) is 6.85. The molecular weight excluding hydrogens is 252 g/mol. The largest absolute Gasteiger partial charge is 0.339 e. The predicted octanol–water partition coefficient (Wildman–Crippen LogP) is 1.48. The molecule has 2 fully saturated rings. The monoisotopic (exact) mass is 272 g/mol.